The van der Waals surface area contributed by atoms with Crippen LogP contribution in [0.3, 0.4) is 0 Å². The number of aliphatic imine (C=N–C) groups is 1. The second kappa shape index (κ2) is 4.47. The molecule has 7 nitrogen and oxygen atoms in total. The Morgan fingerprint density at radius 3 is 2.57 bits per heavy atom. The summed E-state index contributed by atoms with van der Waals surface area (Å²) < 4.78 is 4.94. The fourth-order valence-corrected chi connectivity index (χ4v) is 1.19. The zero-order valence-corrected chi connectivity index (χ0v) is 7.33. The Morgan fingerprint density at radius 1 is 1.50 bits per heavy atom. The van der Waals surface area contributed by atoms with Gasteiger partial charge in [-0.1, -0.05) is 0 Å². The van der Waals surface area contributed by atoms with Crippen LogP contribution in [0.4, 0.5) is 4.79 Å². The van der Waals surface area contributed by atoms with Gasteiger partial charge in [0.15, 0.2) is 6.23 Å². The lowest BCUT2D eigenvalue weighted by atomic mass is 10.1. The van der Waals surface area contributed by atoms with E-state index >= 15 is 0 Å². The van der Waals surface area contributed by atoms with Gasteiger partial charge in [-0.25, -0.2) is 9.79 Å². The van der Waals surface area contributed by atoms with Crippen molar-refractivity contribution in [2.24, 2.45) is 4.99 Å². The summed E-state index contributed by atoms with van der Waals surface area (Å²) in [6.45, 7) is 2.54. The van der Waals surface area contributed by atoms with E-state index in [1.54, 1.807) is 0 Å². The molecule has 80 valence electrons. The number of ether oxygens (including phenoxy) is 1. The topological polar surface area (TPSA) is 111 Å². The molecule has 0 aliphatic carbocycles. The number of nitrogens with zero attached hydrogens (tertiary/aromatic N) is 1. The van der Waals surface area contributed by atoms with Crippen LogP contribution in [-0.2, 0) is 4.74 Å². The Hall–Kier alpha value is -1.02. The third-order valence-corrected chi connectivity index (χ3v) is 1.95. The van der Waals surface area contributed by atoms with Gasteiger partial charge in [-0.05, 0) is 6.72 Å². The Kier molecular flexibility index (Phi) is 3.53. The van der Waals surface area contributed by atoms with Crippen LogP contribution in [0.25, 0.3) is 0 Å². The number of carbonyl (C=O) groups is 1. The number of aliphatic hydroxyl groups excluding tert-OH is 3. The molecule has 4 unspecified atom stereocenters. The van der Waals surface area contributed by atoms with Crippen LogP contribution in [0.1, 0.15) is 0 Å². The number of hydrogen-bond donors (Lipinski definition) is 4. The van der Waals surface area contributed by atoms with E-state index in [4.69, 9.17) is 9.84 Å². The molecule has 2 amide bonds. The van der Waals surface area contributed by atoms with E-state index in [9.17, 15) is 15.0 Å². The standard InChI is InChI=1S/C7H12N2O5/c1-8-7(13)9-6-5(12)4(11)3(2-10)14-6/h3-6,10-12H,1-2H2,(H,9,13). The molecule has 0 aromatic carbocycles. The third-order valence-electron chi connectivity index (χ3n) is 1.95. The second-order valence-corrected chi connectivity index (χ2v) is 2.87. The Morgan fingerprint density at radius 2 is 2.14 bits per heavy atom. The molecule has 1 fully saturated rings. The highest BCUT2D eigenvalue weighted by Gasteiger charge is 2.42. The van der Waals surface area contributed by atoms with Gasteiger partial charge in [-0.3, -0.25) is 0 Å². The molecule has 0 radical (unpaired) electrons. The molecule has 14 heavy (non-hydrogen) atoms. The maximum Gasteiger partial charge on any atom is 0.342 e. The lowest BCUT2D eigenvalue weighted by Gasteiger charge is -2.14. The molecule has 1 rings (SSSR count). The van der Waals surface area contributed by atoms with E-state index in [1.165, 1.54) is 0 Å². The predicted octanol–water partition coefficient (Wildman–Crippen LogP) is -2.16. The van der Waals surface area contributed by atoms with Crippen LogP contribution in [0.5, 0.6) is 0 Å². The highest BCUT2D eigenvalue weighted by molar-refractivity contribution is 5.78. The summed E-state index contributed by atoms with van der Waals surface area (Å²) in [5.41, 5.74) is 0. The molecule has 1 saturated heterocycles. The minimum Gasteiger partial charge on any atom is -0.394 e. The molecule has 0 aromatic rings. The van der Waals surface area contributed by atoms with Gasteiger partial charge in [-0.2, -0.15) is 0 Å². The third kappa shape index (κ3) is 2.07. The first kappa shape index (κ1) is 11.1. The molecule has 7 heteroatoms. The molecule has 4 N–H and O–H groups in total. The van der Waals surface area contributed by atoms with Gasteiger partial charge in [0.05, 0.1) is 6.61 Å². The average Bonchev–Trinajstić information content (AvgIpc) is 2.45. The van der Waals surface area contributed by atoms with E-state index < -0.39 is 37.2 Å². The largest absolute Gasteiger partial charge is 0.394 e. The van der Waals surface area contributed by atoms with Gasteiger partial charge < -0.3 is 25.4 Å². The van der Waals surface area contributed by atoms with Crippen molar-refractivity contribution < 1.29 is 24.9 Å². The number of amides is 2. The first-order valence-corrected chi connectivity index (χ1v) is 3.99. The molecule has 1 aliphatic rings. The summed E-state index contributed by atoms with van der Waals surface area (Å²) in [6, 6.07) is -0.764. The smallest absolute Gasteiger partial charge is 0.342 e. The fraction of sp³-hybridized carbons (Fsp3) is 0.714. The molecule has 1 aliphatic heterocycles. The second-order valence-electron chi connectivity index (χ2n) is 2.87. The summed E-state index contributed by atoms with van der Waals surface area (Å²) in [7, 11) is 0. The summed E-state index contributed by atoms with van der Waals surface area (Å²) in [6.07, 6.45) is -4.48. The van der Waals surface area contributed by atoms with Gasteiger partial charge in [0.1, 0.15) is 18.3 Å². The number of nitrogens with one attached hydrogen (secondary N) is 1. The molecule has 0 bridgehead atoms. The lowest BCUT2D eigenvalue weighted by Crippen LogP contribution is -2.42. The normalized spacial score (nSPS) is 36.8. The number of aliphatic hydroxyl groups is 3. The number of urea groups is 1. The quantitative estimate of drug-likeness (QED) is 0.383. The van der Waals surface area contributed by atoms with Gasteiger partial charge in [0, 0.05) is 0 Å². The van der Waals surface area contributed by atoms with Crippen molar-refractivity contribution in [1.29, 1.82) is 0 Å². The minimum atomic E-state index is -1.28. The number of rotatable bonds is 2. The van der Waals surface area contributed by atoms with Gasteiger partial charge >= 0.3 is 6.03 Å². The van der Waals surface area contributed by atoms with Crippen LogP contribution in [0.15, 0.2) is 4.99 Å². The lowest BCUT2D eigenvalue weighted by molar-refractivity contribution is -0.0281. The van der Waals surface area contributed by atoms with Crippen molar-refractivity contribution in [1.82, 2.24) is 5.32 Å². The minimum absolute atomic E-state index is 0.438. The summed E-state index contributed by atoms with van der Waals surface area (Å²) in [4.78, 5) is 13.8. The zero-order valence-electron chi connectivity index (χ0n) is 7.33. The SMILES string of the molecule is C=NC(=O)NC1OC(CO)C(O)C1O. The molecule has 4 atom stereocenters. The fourth-order valence-electron chi connectivity index (χ4n) is 1.19. The van der Waals surface area contributed by atoms with Crippen molar-refractivity contribution in [2.75, 3.05) is 6.61 Å². The molecule has 0 aromatic heterocycles. The molecule has 0 saturated carbocycles. The Balaban J connectivity index is 2.56. The first-order chi connectivity index (χ1) is 6.60. The number of carbonyl (C=O) groups excluding carboxylic acids is 1. The van der Waals surface area contributed by atoms with Crippen molar-refractivity contribution in [2.45, 2.75) is 24.5 Å². The first-order valence-electron chi connectivity index (χ1n) is 3.99. The van der Waals surface area contributed by atoms with E-state index in [2.05, 4.69) is 17.0 Å². The zero-order chi connectivity index (χ0) is 10.7. The number of hydrogen-bond acceptors (Lipinski definition) is 5. The van der Waals surface area contributed by atoms with E-state index in [1.807, 2.05) is 0 Å². The van der Waals surface area contributed by atoms with Gasteiger partial charge in [-0.15, -0.1) is 0 Å². The van der Waals surface area contributed by atoms with Crippen molar-refractivity contribution in [3.8, 4) is 0 Å². The molecule has 0 spiro atoms. The summed E-state index contributed by atoms with van der Waals surface area (Å²) in [5.74, 6) is 0. The predicted molar refractivity (Wildman–Crippen MR) is 45.8 cm³/mol. The Labute approximate surface area is 80.0 Å². The van der Waals surface area contributed by atoms with Crippen molar-refractivity contribution >= 4 is 12.7 Å². The van der Waals surface area contributed by atoms with Crippen LogP contribution in [0, 0.1) is 0 Å². The van der Waals surface area contributed by atoms with Crippen LogP contribution in [0.2, 0.25) is 0 Å². The summed E-state index contributed by atoms with van der Waals surface area (Å²) in [5, 5.41) is 29.5. The summed E-state index contributed by atoms with van der Waals surface area (Å²) >= 11 is 0. The molecular formula is C7H12N2O5. The Bertz CT molecular complexity index is 234. The van der Waals surface area contributed by atoms with E-state index in [0.29, 0.717) is 0 Å². The highest BCUT2D eigenvalue weighted by Crippen LogP contribution is 2.19. The monoisotopic (exact) mass is 204 g/mol. The van der Waals surface area contributed by atoms with Gasteiger partial charge in [0.25, 0.3) is 0 Å². The van der Waals surface area contributed by atoms with E-state index in [0.717, 1.165) is 0 Å². The van der Waals surface area contributed by atoms with Crippen LogP contribution in [-0.4, -0.2) is 59.2 Å². The molecule has 1 heterocycles. The highest BCUT2D eigenvalue weighted by atomic mass is 16.6. The average molecular weight is 204 g/mol. The van der Waals surface area contributed by atoms with Crippen LogP contribution >= 0.6 is 0 Å². The van der Waals surface area contributed by atoms with Gasteiger partial charge in [0.2, 0.25) is 0 Å². The van der Waals surface area contributed by atoms with Crippen molar-refractivity contribution in [3.05, 3.63) is 0 Å². The maximum atomic E-state index is 10.7. The molecular weight excluding hydrogens is 192 g/mol. The van der Waals surface area contributed by atoms with E-state index in [-0.39, 0.29) is 0 Å². The van der Waals surface area contributed by atoms with Crippen molar-refractivity contribution in [3.63, 3.8) is 0 Å². The maximum absolute atomic E-state index is 10.7. The van der Waals surface area contributed by atoms with Crippen LogP contribution < -0.4 is 5.32 Å².